The second-order valence-electron chi connectivity index (χ2n) is 4.24. The SMILES string of the molecule is CCc1ccc(OCc2ccccc2N=C=O)c(Cl)c1. The summed E-state index contributed by atoms with van der Waals surface area (Å²) in [7, 11) is 0. The van der Waals surface area contributed by atoms with E-state index in [4.69, 9.17) is 16.3 Å². The van der Waals surface area contributed by atoms with Gasteiger partial charge in [0.05, 0.1) is 10.7 Å². The Morgan fingerprint density at radius 1 is 1.25 bits per heavy atom. The Kier molecular flexibility index (Phi) is 4.94. The lowest BCUT2D eigenvalue weighted by Crippen LogP contribution is -1.96. The Morgan fingerprint density at radius 2 is 2.05 bits per heavy atom. The van der Waals surface area contributed by atoms with Crippen molar-refractivity contribution >= 4 is 23.4 Å². The Bertz CT molecular complexity index is 649. The van der Waals surface area contributed by atoms with Gasteiger partial charge in [0, 0.05) is 5.56 Å². The number of para-hydroxylation sites is 1. The van der Waals surface area contributed by atoms with E-state index in [-0.39, 0.29) is 0 Å². The fourth-order valence-electron chi connectivity index (χ4n) is 1.83. The molecule has 20 heavy (non-hydrogen) atoms. The van der Waals surface area contributed by atoms with Crippen LogP contribution in [0.1, 0.15) is 18.1 Å². The standard InChI is InChI=1S/C16H14ClNO2/c1-2-12-7-8-16(14(17)9-12)20-10-13-5-3-4-6-15(13)18-11-19/h3-9H,2,10H2,1H3. The molecule has 0 spiro atoms. The van der Waals surface area contributed by atoms with E-state index in [9.17, 15) is 4.79 Å². The Balaban J connectivity index is 2.15. The molecule has 0 unspecified atom stereocenters. The number of halogens is 1. The van der Waals surface area contributed by atoms with Crippen molar-refractivity contribution in [1.29, 1.82) is 0 Å². The quantitative estimate of drug-likeness (QED) is 0.602. The zero-order valence-electron chi connectivity index (χ0n) is 11.1. The summed E-state index contributed by atoms with van der Waals surface area (Å²) in [6.45, 7) is 2.37. The Morgan fingerprint density at radius 3 is 2.75 bits per heavy atom. The van der Waals surface area contributed by atoms with E-state index < -0.39 is 0 Å². The van der Waals surface area contributed by atoms with Gasteiger partial charge in [-0.05, 0) is 30.2 Å². The molecule has 0 fully saturated rings. The third-order valence-electron chi connectivity index (χ3n) is 2.95. The minimum Gasteiger partial charge on any atom is -0.487 e. The molecule has 0 aliphatic carbocycles. The van der Waals surface area contributed by atoms with Crippen molar-refractivity contribution in [2.45, 2.75) is 20.0 Å². The molecular formula is C16H14ClNO2. The maximum absolute atomic E-state index is 10.4. The molecular weight excluding hydrogens is 274 g/mol. The highest BCUT2D eigenvalue weighted by atomic mass is 35.5. The van der Waals surface area contributed by atoms with Gasteiger partial charge >= 0.3 is 0 Å². The molecule has 0 amide bonds. The highest BCUT2D eigenvalue weighted by Crippen LogP contribution is 2.27. The second-order valence-corrected chi connectivity index (χ2v) is 4.65. The molecule has 0 aromatic heterocycles. The van der Waals surface area contributed by atoms with Crippen LogP contribution in [0.25, 0.3) is 0 Å². The number of isocyanates is 1. The molecule has 0 heterocycles. The van der Waals surface area contributed by atoms with Gasteiger partial charge in [-0.25, -0.2) is 4.79 Å². The zero-order chi connectivity index (χ0) is 14.4. The fraction of sp³-hybridized carbons (Fsp3) is 0.188. The Hall–Kier alpha value is -2.09. The van der Waals surface area contributed by atoms with Crippen molar-refractivity contribution in [2.75, 3.05) is 0 Å². The van der Waals surface area contributed by atoms with Crippen LogP contribution >= 0.6 is 11.6 Å². The minimum atomic E-state index is 0.298. The molecule has 3 nitrogen and oxygen atoms in total. The average molecular weight is 288 g/mol. The van der Waals surface area contributed by atoms with Gasteiger partial charge in [-0.1, -0.05) is 42.8 Å². The highest BCUT2D eigenvalue weighted by Gasteiger charge is 2.05. The molecule has 0 N–H and O–H groups in total. The van der Waals surface area contributed by atoms with Crippen LogP contribution in [-0.4, -0.2) is 6.08 Å². The number of carbonyl (C=O) groups excluding carboxylic acids is 1. The molecule has 0 saturated carbocycles. The number of hydrogen-bond acceptors (Lipinski definition) is 3. The number of hydrogen-bond donors (Lipinski definition) is 0. The molecule has 0 bridgehead atoms. The third-order valence-corrected chi connectivity index (χ3v) is 3.24. The molecule has 2 rings (SSSR count). The number of aryl methyl sites for hydroxylation is 1. The number of aliphatic imine (C=N–C) groups is 1. The summed E-state index contributed by atoms with van der Waals surface area (Å²) in [5.74, 6) is 0.619. The lowest BCUT2D eigenvalue weighted by atomic mass is 10.1. The van der Waals surface area contributed by atoms with Crippen LogP contribution in [0.5, 0.6) is 5.75 Å². The van der Waals surface area contributed by atoms with Gasteiger partial charge in [-0.2, -0.15) is 4.99 Å². The number of rotatable bonds is 5. The second kappa shape index (κ2) is 6.90. The van der Waals surface area contributed by atoms with Crippen molar-refractivity contribution in [3.63, 3.8) is 0 Å². The lowest BCUT2D eigenvalue weighted by Gasteiger charge is -2.10. The van der Waals surface area contributed by atoms with Crippen LogP contribution in [0.4, 0.5) is 5.69 Å². The van der Waals surface area contributed by atoms with Crippen molar-refractivity contribution in [3.8, 4) is 5.75 Å². The fourth-order valence-corrected chi connectivity index (χ4v) is 2.09. The predicted octanol–water partition coefficient (Wildman–Crippen LogP) is 4.45. The van der Waals surface area contributed by atoms with E-state index in [1.165, 1.54) is 0 Å². The summed E-state index contributed by atoms with van der Waals surface area (Å²) in [6.07, 6.45) is 2.47. The molecule has 0 saturated heterocycles. The summed E-state index contributed by atoms with van der Waals surface area (Å²) in [5.41, 5.74) is 2.53. The van der Waals surface area contributed by atoms with Crippen LogP contribution in [0.15, 0.2) is 47.5 Å². The molecule has 2 aromatic carbocycles. The maximum atomic E-state index is 10.4. The number of nitrogens with zero attached hydrogens (tertiary/aromatic N) is 1. The van der Waals surface area contributed by atoms with Crippen molar-refractivity contribution < 1.29 is 9.53 Å². The summed E-state index contributed by atoms with van der Waals surface area (Å²) in [5, 5.41) is 0.584. The van der Waals surface area contributed by atoms with Crippen LogP contribution in [0.2, 0.25) is 5.02 Å². The van der Waals surface area contributed by atoms with Gasteiger partial charge in [0.15, 0.2) is 0 Å². The van der Waals surface area contributed by atoms with Gasteiger partial charge in [-0.3, -0.25) is 0 Å². The third kappa shape index (κ3) is 3.47. The molecule has 4 heteroatoms. The van der Waals surface area contributed by atoms with E-state index in [1.807, 2.05) is 36.4 Å². The highest BCUT2D eigenvalue weighted by molar-refractivity contribution is 6.32. The van der Waals surface area contributed by atoms with Gasteiger partial charge in [0.25, 0.3) is 0 Å². The minimum absolute atomic E-state index is 0.298. The van der Waals surface area contributed by atoms with Crippen LogP contribution in [0, 0.1) is 0 Å². The molecule has 0 aliphatic heterocycles. The van der Waals surface area contributed by atoms with Gasteiger partial charge in [0.2, 0.25) is 6.08 Å². The van der Waals surface area contributed by atoms with E-state index >= 15 is 0 Å². The first kappa shape index (κ1) is 14.3. The van der Waals surface area contributed by atoms with Gasteiger partial charge < -0.3 is 4.74 Å². The van der Waals surface area contributed by atoms with Gasteiger partial charge in [0.1, 0.15) is 12.4 Å². The summed E-state index contributed by atoms with van der Waals surface area (Å²) < 4.78 is 5.69. The average Bonchev–Trinajstić information content (AvgIpc) is 2.47. The Labute approximate surface area is 122 Å². The normalized spacial score (nSPS) is 9.90. The maximum Gasteiger partial charge on any atom is 0.240 e. The largest absolute Gasteiger partial charge is 0.487 e. The molecule has 102 valence electrons. The van der Waals surface area contributed by atoms with Crippen molar-refractivity contribution in [3.05, 3.63) is 58.6 Å². The monoisotopic (exact) mass is 287 g/mol. The van der Waals surface area contributed by atoms with Gasteiger partial charge in [-0.15, -0.1) is 0 Å². The smallest absolute Gasteiger partial charge is 0.240 e. The van der Waals surface area contributed by atoms with E-state index in [0.717, 1.165) is 17.5 Å². The van der Waals surface area contributed by atoms with E-state index in [2.05, 4.69) is 11.9 Å². The van der Waals surface area contributed by atoms with E-state index in [0.29, 0.717) is 23.1 Å². The van der Waals surface area contributed by atoms with Crippen LogP contribution in [-0.2, 0) is 17.8 Å². The molecule has 0 aliphatic rings. The van der Waals surface area contributed by atoms with Crippen molar-refractivity contribution in [2.24, 2.45) is 4.99 Å². The molecule has 0 radical (unpaired) electrons. The van der Waals surface area contributed by atoms with Crippen LogP contribution in [0.3, 0.4) is 0 Å². The lowest BCUT2D eigenvalue weighted by molar-refractivity contribution is 0.307. The van der Waals surface area contributed by atoms with Crippen LogP contribution < -0.4 is 4.74 Å². The van der Waals surface area contributed by atoms with E-state index in [1.54, 1.807) is 12.1 Å². The topological polar surface area (TPSA) is 38.7 Å². The van der Waals surface area contributed by atoms with Crippen molar-refractivity contribution in [1.82, 2.24) is 0 Å². The first-order valence-electron chi connectivity index (χ1n) is 6.31. The first-order chi connectivity index (χ1) is 9.74. The molecule has 0 atom stereocenters. The first-order valence-corrected chi connectivity index (χ1v) is 6.69. The zero-order valence-corrected chi connectivity index (χ0v) is 11.9. The summed E-state index contributed by atoms with van der Waals surface area (Å²) in [4.78, 5) is 14.0. The number of ether oxygens (including phenoxy) is 1. The molecule has 2 aromatic rings. The summed E-state index contributed by atoms with van der Waals surface area (Å²) in [6, 6.07) is 13.0. The summed E-state index contributed by atoms with van der Waals surface area (Å²) >= 11 is 6.16. The predicted molar refractivity (Wildman–Crippen MR) is 79.4 cm³/mol. The number of benzene rings is 2.